The average Bonchev–Trinajstić information content (AvgIpc) is 3.23. The summed E-state index contributed by atoms with van der Waals surface area (Å²) < 4.78 is 10.3. The molecule has 10 nitrogen and oxygen atoms in total. The maximum Gasteiger partial charge on any atom is 0.220 e. The predicted octanol–water partition coefficient (Wildman–Crippen LogP) is 1.65. The van der Waals surface area contributed by atoms with E-state index in [0.717, 1.165) is 11.3 Å². The van der Waals surface area contributed by atoms with E-state index < -0.39 is 0 Å². The molecule has 0 radical (unpaired) electrons. The maximum absolute atomic E-state index is 9.20. The van der Waals surface area contributed by atoms with Gasteiger partial charge in [-0.25, -0.2) is 0 Å². The number of hydrogen-bond donors (Lipinski definition) is 2. The number of nitrogens with one attached hydrogen (secondary N) is 2. The third-order valence-electron chi connectivity index (χ3n) is 3.31. The van der Waals surface area contributed by atoms with Crippen LogP contribution in [-0.2, 0) is 0 Å². The van der Waals surface area contributed by atoms with E-state index in [0.29, 0.717) is 17.6 Å². The highest BCUT2D eigenvalue weighted by Gasteiger charge is 2.09. The van der Waals surface area contributed by atoms with Crippen molar-refractivity contribution in [1.29, 1.82) is 5.26 Å². The highest BCUT2D eigenvalue weighted by atomic mass is 16.5. The molecule has 2 aromatic heterocycles. The van der Waals surface area contributed by atoms with Crippen LogP contribution in [0.3, 0.4) is 0 Å². The second kappa shape index (κ2) is 7.71. The zero-order chi connectivity index (χ0) is 18.4. The van der Waals surface area contributed by atoms with Crippen molar-refractivity contribution in [2.45, 2.75) is 0 Å². The molecule has 0 aliphatic heterocycles. The van der Waals surface area contributed by atoms with Crippen LogP contribution in [-0.4, -0.2) is 44.8 Å². The van der Waals surface area contributed by atoms with Crippen molar-refractivity contribution in [2.24, 2.45) is 0 Å². The van der Waals surface area contributed by atoms with Gasteiger partial charge in [0.25, 0.3) is 0 Å². The van der Waals surface area contributed by atoms with Crippen molar-refractivity contribution in [3.05, 3.63) is 42.4 Å². The Morgan fingerprint density at radius 1 is 1.19 bits per heavy atom. The van der Waals surface area contributed by atoms with Gasteiger partial charge in [0.15, 0.2) is 5.82 Å². The van der Waals surface area contributed by atoms with Crippen molar-refractivity contribution < 1.29 is 9.47 Å². The van der Waals surface area contributed by atoms with E-state index in [4.69, 9.17) is 9.47 Å². The highest BCUT2D eigenvalue weighted by Crippen LogP contribution is 2.24. The summed E-state index contributed by atoms with van der Waals surface area (Å²) in [7, 11) is 3.05. The van der Waals surface area contributed by atoms with Crippen LogP contribution in [0.1, 0.15) is 5.82 Å². The minimum atomic E-state index is 0.206. The monoisotopic (exact) mass is 350 g/mol. The van der Waals surface area contributed by atoms with Crippen LogP contribution in [0.5, 0.6) is 11.8 Å². The van der Waals surface area contributed by atoms with Gasteiger partial charge < -0.3 is 14.8 Å². The number of rotatable bonds is 6. The van der Waals surface area contributed by atoms with Gasteiger partial charge >= 0.3 is 0 Å². The number of nitrogens with zero attached hydrogens (tertiary/aromatic N) is 6. The number of H-pyrrole nitrogens is 1. The summed E-state index contributed by atoms with van der Waals surface area (Å²) in [5.74, 6) is 1.45. The van der Waals surface area contributed by atoms with E-state index in [2.05, 4.69) is 35.9 Å². The van der Waals surface area contributed by atoms with Gasteiger partial charge in [-0.05, 0) is 17.3 Å². The summed E-state index contributed by atoms with van der Waals surface area (Å²) in [5.41, 5.74) is 1.71. The average molecular weight is 350 g/mol. The molecule has 2 heterocycles. The Labute approximate surface area is 148 Å². The summed E-state index contributed by atoms with van der Waals surface area (Å²) in [6.07, 6.45) is 1.50. The molecular formula is C16H14N8O2. The van der Waals surface area contributed by atoms with Gasteiger partial charge in [-0.2, -0.15) is 20.4 Å². The zero-order valence-corrected chi connectivity index (χ0v) is 14.0. The fourth-order valence-electron chi connectivity index (χ4n) is 2.07. The lowest BCUT2D eigenvalue weighted by Crippen LogP contribution is -1.98. The second-order valence-corrected chi connectivity index (χ2v) is 4.91. The van der Waals surface area contributed by atoms with Crippen LogP contribution < -0.4 is 14.8 Å². The Balaban J connectivity index is 1.88. The van der Waals surface area contributed by atoms with Crippen LogP contribution in [0, 0.1) is 11.3 Å². The number of aromatic amines is 1. The van der Waals surface area contributed by atoms with Gasteiger partial charge in [-0.15, -0.1) is 10.2 Å². The van der Waals surface area contributed by atoms with Crippen molar-refractivity contribution in [2.75, 3.05) is 19.5 Å². The van der Waals surface area contributed by atoms with Gasteiger partial charge in [-0.1, -0.05) is 12.1 Å². The first-order valence-corrected chi connectivity index (χ1v) is 7.41. The molecule has 0 atom stereocenters. The summed E-state index contributed by atoms with van der Waals surface area (Å²) in [5, 5.41) is 25.5. The normalized spacial score (nSPS) is 10.9. The molecule has 0 fully saturated rings. The molecule has 0 bridgehead atoms. The predicted molar refractivity (Wildman–Crippen MR) is 92.0 cm³/mol. The van der Waals surface area contributed by atoms with Gasteiger partial charge in [-0.3, -0.25) is 0 Å². The number of ether oxygens (including phenoxy) is 2. The second-order valence-electron chi connectivity index (χ2n) is 4.91. The van der Waals surface area contributed by atoms with Crippen LogP contribution in [0.25, 0.3) is 17.0 Å². The molecule has 3 rings (SSSR count). The molecule has 130 valence electrons. The lowest BCUT2D eigenvalue weighted by Gasteiger charge is -2.08. The number of tetrazole rings is 1. The van der Waals surface area contributed by atoms with Crippen molar-refractivity contribution in [3.8, 4) is 29.2 Å². The largest absolute Gasteiger partial charge is 0.481 e. The molecule has 0 aliphatic carbocycles. The molecule has 26 heavy (non-hydrogen) atoms. The quantitative estimate of drug-likeness (QED) is 0.636. The van der Waals surface area contributed by atoms with E-state index in [-0.39, 0.29) is 11.4 Å². The fourth-order valence-corrected chi connectivity index (χ4v) is 2.07. The van der Waals surface area contributed by atoms with Crippen molar-refractivity contribution in [1.82, 2.24) is 30.6 Å². The topological polar surface area (TPSA) is 135 Å². The summed E-state index contributed by atoms with van der Waals surface area (Å²) in [6, 6.07) is 11.0. The molecule has 10 heteroatoms. The molecule has 0 saturated heterocycles. The van der Waals surface area contributed by atoms with Crippen molar-refractivity contribution in [3.63, 3.8) is 0 Å². The smallest absolute Gasteiger partial charge is 0.220 e. The first kappa shape index (κ1) is 16.8. The van der Waals surface area contributed by atoms with E-state index in [1.54, 1.807) is 6.07 Å². The number of methoxy groups -OCH3 is 2. The molecule has 2 N–H and O–H groups in total. The summed E-state index contributed by atoms with van der Waals surface area (Å²) in [4.78, 5) is 8.64. The Morgan fingerprint density at radius 3 is 2.58 bits per heavy atom. The van der Waals surface area contributed by atoms with Gasteiger partial charge in [0.1, 0.15) is 11.6 Å². The van der Waals surface area contributed by atoms with Gasteiger partial charge in [0.05, 0.1) is 20.3 Å². The van der Waals surface area contributed by atoms with E-state index >= 15 is 0 Å². The Hall–Kier alpha value is -4.00. The standard InChI is InChI=1S/C16H14N8O2/c1-25-13-7-14(26-2)20-15(19-13)10-4-3-5-12(6-10)18-9-11(8-17)16-21-23-24-22-16/h3-7,9,18H,1-2H3,(H,21,22,23,24). The summed E-state index contributed by atoms with van der Waals surface area (Å²) >= 11 is 0. The molecule has 0 unspecified atom stereocenters. The number of hydrogen-bond acceptors (Lipinski definition) is 9. The first-order valence-electron chi connectivity index (χ1n) is 7.41. The first-order chi connectivity index (χ1) is 12.7. The van der Waals surface area contributed by atoms with Crippen LogP contribution in [0.4, 0.5) is 5.69 Å². The molecule has 0 amide bonds. The molecule has 1 aromatic carbocycles. The lowest BCUT2D eigenvalue weighted by molar-refractivity contribution is 0.372. The van der Waals surface area contributed by atoms with E-state index in [9.17, 15) is 5.26 Å². The van der Waals surface area contributed by atoms with Gasteiger partial charge in [0.2, 0.25) is 17.6 Å². The molecule has 0 spiro atoms. The lowest BCUT2D eigenvalue weighted by atomic mass is 10.2. The maximum atomic E-state index is 9.20. The molecule has 0 saturated carbocycles. The molecular weight excluding hydrogens is 336 g/mol. The van der Waals surface area contributed by atoms with Gasteiger partial charge in [0, 0.05) is 17.5 Å². The number of nitriles is 1. The third-order valence-corrected chi connectivity index (χ3v) is 3.31. The summed E-state index contributed by atoms with van der Waals surface area (Å²) in [6.45, 7) is 0. The molecule has 0 aliphatic rings. The zero-order valence-electron chi connectivity index (χ0n) is 14.0. The van der Waals surface area contributed by atoms with Crippen LogP contribution >= 0.6 is 0 Å². The van der Waals surface area contributed by atoms with Crippen LogP contribution in [0.15, 0.2) is 36.5 Å². The number of benzene rings is 1. The number of anilines is 1. The fraction of sp³-hybridized carbons (Fsp3) is 0.125. The highest BCUT2D eigenvalue weighted by molar-refractivity contribution is 5.74. The van der Waals surface area contributed by atoms with E-state index in [1.165, 1.54) is 20.4 Å². The number of allylic oxidation sites excluding steroid dienone is 1. The Kier molecular flexibility index (Phi) is 5.00. The minimum Gasteiger partial charge on any atom is -0.481 e. The molecule has 3 aromatic rings. The minimum absolute atomic E-state index is 0.206. The van der Waals surface area contributed by atoms with Crippen molar-refractivity contribution >= 4 is 11.3 Å². The van der Waals surface area contributed by atoms with Crippen LogP contribution in [0.2, 0.25) is 0 Å². The Morgan fingerprint density at radius 2 is 1.96 bits per heavy atom. The SMILES string of the molecule is COc1cc(OC)nc(-c2cccc(NC=C(C#N)c3nn[nH]n3)c2)n1. The Bertz CT molecular complexity index is 940. The third kappa shape index (κ3) is 3.73. The van der Waals surface area contributed by atoms with E-state index in [1.807, 2.05) is 30.3 Å². The number of aromatic nitrogens is 6.